The number of carbonyl (C=O) groups excluding carboxylic acids is 1. The van der Waals surface area contributed by atoms with Crippen LogP contribution in [0.1, 0.15) is 25.1 Å². The summed E-state index contributed by atoms with van der Waals surface area (Å²) in [4.78, 5) is 18.9. The molecule has 0 aliphatic rings. The molecule has 0 N–H and O–H groups in total. The number of para-hydroxylation sites is 1. The molecule has 0 aliphatic heterocycles. The van der Waals surface area contributed by atoms with E-state index in [0.717, 1.165) is 39.9 Å². The van der Waals surface area contributed by atoms with E-state index in [0.29, 0.717) is 15.9 Å². The number of amides is 1. The summed E-state index contributed by atoms with van der Waals surface area (Å²) in [5.74, 6) is 1.35. The van der Waals surface area contributed by atoms with Gasteiger partial charge in [0.25, 0.3) is 0 Å². The average molecular weight is 484 g/mol. The third kappa shape index (κ3) is 4.72. The minimum absolute atomic E-state index is 0.0552. The number of carbonyl (C=O) groups is 1. The van der Waals surface area contributed by atoms with Gasteiger partial charge in [-0.2, -0.15) is 0 Å². The van der Waals surface area contributed by atoms with Crippen molar-refractivity contribution in [3.8, 4) is 11.4 Å². The van der Waals surface area contributed by atoms with E-state index in [-0.39, 0.29) is 5.91 Å². The highest BCUT2D eigenvalue weighted by atomic mass is 35.5. The van der Waals surface area contributed by atoms with Crippen molar-refractivity contribution in [2.24, 2.45) is 7.05 Å². The standard InChI is InChI=1S/C23H22ClN5OS2/c1-4-16-7-5-6-8-20(16)29(15(2)30)22-25-19(13-31-22)14-32-23-27-26-21(28(23)3)17-9-11-18(24)12-10-17/h5-13H,4,14H2,1-3H3. The fraction of sp³-hybridized carbons (Fsp3) is 0.217. The first-order valence-corrected chi connectivity index (χ1v) is 12.3. The number of hydrogen-bond acceptors (Lipinski definition) is 6. The van der Waals surface area contributed by atoms with Gasteiger partial charge in [-0.25, -0.2) is 4.98 Å². The fourth-order valence-electron chi connectivity index (χ4n) is 3.33. The number of thioether (sulfide) groups is 1. The van der Waals surface area contributed by atoms with Crippen molar-refractivity contribution in [2.45, 2.75) is 31.2 Å². The number of hydrogen-bond donors (Lipinski definition) is 0. The van der Waals surface area contributed by atoms with Crippen LogP contribution in [0.15, 0.2) is 59.1 Å². The number of anilines is 2. The molecule has 164 valence electrons. The summed E-state index contributed by atoms with van der Waals surface area (Å²) < 4.78 is 1.96. The highest BCUT2D eigenvalue weighted by Gasteiger charge is 2.20. The van der Waals surface area contributed by atoms with Gasteiger partial charge in [0.1, 0.15) is 0 Å². The van der Waals surface area contributed by atoms with Crippen molar-refractivity contribution in [3.63, 3.8) is 0 Å². The molecule has 0 bridgehead atoms. The molecule has 1 amide bonds. The third-order valence-electron chi connectivity index (χ3n) is 4.95. The largest absolute Gasteiger partial charge is 0.305 e. The van der Waals surface area contributed by atoms with E-state index >= 15 is 0 Å². The van der Waals surface area contributed by atoms with Crippen LogP contribution in [0.2, 0.25) is 5.02 Å². The van der Waals surface area contributed by atoms with Crippen LogP contribution in [-0.2, 0) is 24.0 Å². The highest BCUT2D eigenvalue weighted by molar-refractivity contribution is 7.98. The molecule has 0 saturated heterocycles. The Morgan fingerprint density at radius 3 is 2.62 bits per heavy atom. The Kier molecular flexibility index (Phi) is 6.93. The van der Waals surface area contributed by atoms with Gasteiger partial charge in [-0.1, -0.05) is 48.5 Å². The van der Waals surface area contributed by atoms with Gasteiger partial charge >= 0.3 is 0 Å². The van der Waals surface area contributed by atoms with E-state index in [4.69, 9.17) is 16.6 Å². The molecular weight excluding hydrogens is 462 g/mol. The molecule has 2 aromatic carbocycles. The number of thiazole rings is 1. The van der Waals surface area contributed by atoms with Crippen molar-refractivity contribution in [1.29, 1.82) is 0 Å². The molecule has 2 aromatic heterocycles. The molecule has 32 heavy (non-hydrogen) atoms. The maximum absolute atomic E-state index is 12.5. The highest BCUT2D eigenvalue weighted by Crippen LogP contribution is 2.33. The number of halogens is 1. The van der Waals surface area contributed by atoms with E-state index in [1.54, 1.807) is 23.6 Å². The van der Waals surface area contributed by atoms with Gasteiger partial charge in [-0.05, 0) is 42.3 Å². The summed E-state index contributed by atoms with van der Waals surface area (Å²) in [5, 5.41) is 12.8. The summed E-state index contributed by atoms with van der Waals surface area (Å²) in [6.45, 7) is 3.65. The zero-order valence-corrected chi connectivity index (χ0v) is 20.3. The summed E-state index contributed by atoms with van der Waals surface area (Å²) in [5.41, 5.74) is 3.85. The first-order valence-electron chi connectivity index (χ1n) is 10.1. The van der Waals surface area contributed by atoms with Crippen LogP contribution < -0.4 is 4.90 Å². The van der Waals surface area contributed by atoms with Gasteiger partial charge < -0.3 is 4.57 Å². The lowest BCUT2D eigenvalue weighted by Gasteiger charge is -2.20. The summed E-state index contributed by atoms with van der Waals surface area (Å²) in [6, 6.07) is 15.5. The number of aromatic nitrogens is 4. The minimum Gasteiger partial charge on any atom is -0.305 e. The van der Waals surface area contributed by atoms with Crippen LogP contribution in [0.3, 0.4) is 0 Å². The fourth-order valence-corrected chi connectivity index (χ4v) is 5.24. The van der Waals surface area contributed by atoms with Crippen LogP contribution in [-0.4, -0.2) is 25.7 Å². The van der Waals surface area contributed by atoms with Gasteiger partial charge in [0, 0.05) is 35.7 Å². The Hall–Kier alpha value is -2.68. The molecule has 9 heteroatoms. The molecule has 0 atom stereocenters. The molecule has 0 saturated carbocycles. The van der Waals surface area contributed by atoms with Crippen molar-refractivity contribution in [2.75, 3.05) is 4.90 Å². The summed E-state index contributed by atoms with van der Waals surface area (Å²) in [7, 11) is 1.94. The minimum atomic E-state index is -0.0552. The van der Waals surface area contributed by atoms with Gasteiger partial charge in [0.15, 0.2) is 16.1 Å². The maximum atomic E-state index is 12.5. The van der Waals surface area contributed by atoms with Crippen LogP contribution in [0.5, 0.6) is 0 Å². The van der Waals surface area contributed by atoms with Crippen molar-refractivity contribution < 1.29 is 4.79 Å². The van der Waals surface area contributed by atoms with E-state index < -0.39 is 0 Å². The Bertz CT molecular complexity index is 1240. The number of rotatable bonds is 7. The second-order valence-corrected chi connectivity index (χ2v) is 9.33. The second-order valence-electron chi connectivity index (χ2n) is 7.12. The lowest BCUT2D eigenvalue weighted by atomic mass is 10.1. The molecule has 2 heterocycles. The van der Waals surface area contributed by atoms with Crippen molar-refractivity contribution in [1.82, 2.24) is 19.7 Å². The molecular formula is C23H22ClN5OS2. The van der Waals surface area contributed by atoms with E-state index in [9.17, 15) is 4.79 Å². The molecule has 4 rings (SSSR count). The number of aryl methyl sites for hydroxylation is 1. The van der Waals surface area contributed by atoms with Crippen LogP contribution in [0, 0.1) is 0 Å². The van der Waals surface area contributed by atoms with Crippen LogP contribution in [0.25, 0.3) is 11.4 Å². The topological polar surface area (TPSA) is 63.9 Å². The molecule has 0 fully saturated rings. The first-order chi connectivity index (χ1) is 15.5. The number of nitrogens with zero attached hydrogens (tertiary/aromatic N) is 5. The van der Waals surface area contributed by atoms with E-state index in [2.05, 4.69) is 17.1 Å². The predicted molar refractivity (Wildman–Crippen MR) is 132 cm³/mol. The van der Waals surface area contributed by atoms with Crippen molar-refractivity contribution in [3.05, 3.63) is 70.2 Å². The summed E-state index contributed by atoms with van der Waals surface area (Å²) in [6.07, 6.45) is 0.843. The predicted octanol–water partition coefficient (Wildman–Crippen LogP) is 6.13. The molecule has 0 aliphatic carbocycles. The zero-order chi connectivity index (χ0) is 22.7. The SMILES string of the molecule is CCc1ccccc1N(C(C)=O)c1nc(CSc2nnc(-c3ccc(Cl)cc3)n2C)cs1. The molecule has 0 unspecified atom stereocenters. The van der Waals surface area contributed by atoms with Gasteiger partial charge in [0.05, 0.1) is 11.4 Å². The monoisotopic (exact) mass is 483 g/mol. The quantitative estimate of drug-likeness (QED) is 0.296. The molecule has 0 radical (unpaired) electrons. The third-order valence-corrected chi connectivity index (χ3v) is 7.13. The Morgan fingerprint density at radius 2 is 1.91 bits per heavy atom. The first kappa shape index (κ1) is 22.5. The van der Waals surface area contributed by atoms with Crippen LogP contribution in [0.4, 0.5) is 10.8 Å². The van der Waals surface area contributed by atoms with Crippen LogP contribution >= 0.6 is 34.7 Å². The maximum Gasteiger partial charge on any atom is 0.230 e. The molecule has 4 aromatic rings. The van der Waals surface area contributed by atoms with Gasteiger partial charge in [-0.3, -0.25) is 9.69 Å². The molecule has 6 nitrogen and oxygen atoms in total. The zero-order valence-electron chi connectivity index (χ0n) is 17.9. The Morgan fingerprint density at radius 1 is 1.16 bits per heavy atom. The second kappa shape index (κ2) is 9.85. The normalized spacial score (nSPS) is 11.0. The Labute approximate surface area is 200 Å². The van der Waals surface area contributed by atoms with Crippen molar-refractivity contribution >= 4 is 51.4 Å². The Balaban J connectivity index is 1.51. The van der Waals surface area contributed by atoms with E-state index in [1.807, 2.05) is 65.5 Å². The lowest BCUT2D eigenvalue weighted by molar-refractivity contribution is -0.115. The average Bonchev–Trinajstić information content (AvgIpc) is 3.40. The summed E-state index contributed by atoms with van der Waals surface area (Å²) >= 11 is 9.01. The number of benzene rings is 2. The molecule has 0 spiro atoms. The van der Waals surface area contributed by atoms with E-state index in [1.165, 1.54) is 11.3 Å². The van der Waals surface area contributed by atoms with Gasteiger partial charge in [-0.15, -0.1) is 21.5 Å². The lowest BCUT2D eigenvalue weighted by Crippen LogP contribution is -2.23. The smallest absolute Gasteiger partial charge is 0.230 e. The van der Waals surface area contributed by atoms with Gasteiger partial charge in [0.2, 0.25) is 5.91 Å².